The summed E-state index contributed by atoms with van der Waals surface area (Å²) in [6, 6.07) is 3.30. The summed E-state index contributed by atoms with van der Waals surface area (Å²) in [5, 5.41) is 3.01. The van der Waals surface area contributed by atoms with E-state index in [1.54, 1.807) is 23.8 Å². The number of ether oxygens (including phenoxy) is 2. The van der Waals surface area contributed by atoms with Gasteiger partial charge in [-0.15, -0.1) is 0 Å². The molecule has 3 unspecified atom stereocenters. The molecule has 4 amide bonds. The van der Waals surface area contributed by atoms with E-state index in [-0.39, 0.29) is 46.8 Å². The number of likely N-dealkylation sites (N-methyl/N-ethyl adjacent to an activating group) is 2. The Balaban J connectivity index is 2.29. The van der Waals surface area contributed by atoms with Crippen LogP contribution in [-0.2, 0) is 38.7 Å². The van der Waals surface area contributed by atoms with E-state index in [2.05, 4.69) is 10.0 Å². The van der Waals surface area contributed by atoms with Crippen molar-refractivity contribution in [1.82, 2.24) is 24.7 Å². The van der Waals surface area contributed by atoms with Crippen molar-refractivity contribution >= 4 is 39.3 Å². The Morgan fingerprint density at radius 3 is 2.02 bits per heavy atom. The molecule has 1 fully saturated rings. The van der Waals surface area contributed by atoms with Gasteiger partial charge in [0.25, 0.3) is 10.0 Å². The summed E-state index contributed by atoms with van der Waals surface area (Å²) in [7, 11) is 4.16. The zero-order chi connectivity index (χ0) is 39.7. The number of anilines is 1. The Morgan fingerprint density at radius 1 is 0.942 bits per heavy atom. The second-order valence-electron chi connectivity index (χ2n) is 15.0. The van der Waals surface area contributed by atoms with Gasteiger partial charge in [0.05, 0.1) is 47.6 Å². The predicted octanol–water partition coefficient (Wildman–Crippen LogP) is 2.72. The van der Waals surface area contributed by atoms with Gasteiger partial charge in [-0.25, -0.2) is 13.1 Å². The van der Waals surface area contributed by atoms with Crippen molar-refractivity contribution in [3.63, 3.8) is 0 Å². The van der Waals surface area contributed by atoms with Crippen molar-refractivity contribution in [1.29, 1.82) is 0 Å². The van der Waals surface area contributed by atoms with Gasteiger partial charge in [0.15, 0.2) is 0 Å². The summed E-state index contributed by atoms with van der Waals surface area (Å²) >= 11 is 0. The van der Waals surface area contributed by atoms with Crippen LogP contribution in [0.25, 0.3) is 0 Å². The minimum atomic E-state index is -4.17. The molecule has 0 radical (unpaired) electrons. The van der Waals surface area contributed by atoms with Crippen LogP contribution >= 0.6 is 0 Å². The summed E-state index contributed by atoms with van der Waals surface area (Å²) in [4.78, 5) is 60.0. The number of nitrogen functional groups attached to an aromatic ring is 1. The van der Waals surface area contributed by atoms with E-state index in [9.17, 15) is 27.6 Å². The lowest BCUT2D eigenvalue weighted by atomic mass is 9.89. The molecule has 0 aliphatic carbocycles. The van der Waals surface area contributed by atoms with Gasteiger partial charge in [0, 0.05) is 33.5 Å². The number of sulfonamides is 1. The Morgan fingerprint density at radius 2 is 1.54 bits per heavy atom. The number of rotatable bonds is 19. The van der Waals surface area contributed by atoms with E-state index in [0.717, 1.165) is 0 Å². The molecule has 1 aromatic carbocycles. The number of nitrogens with two attached hydrogens (primary N) is 1. The standard InChI is InChI=1S/C37H64N6O8S/c1-13-24(6)33(42(10)37(47)31(22(2)3)39-36(46)32(23(4)5)41(8)9)29(50-11)21-30(44)43-20-14-15-28(43)34(51-12)25(7)35(45)40-52(48,49)27-18-16-26(38)17-19-27/h16-19,22-25,28-29,31-34H,13-15,20-21,38H2,1-12H3,(H,39,46)(H,40,45)/t24?,25-,28+,29-,31+,32?,33?,34-/m1/s1. The smallest absolute Gasteiger partial charge is 0.264 e. The molecule has 0 spiro atoms. The second kappa shape index (κ2) is 19.7. The first-order valence-electron chi connectivity index (χ1n) is 18.2. The van der Waals surface area contributed by atoms with Crippen molar-refractivity contribution in [2.75, 3.05) is 47.6 Å². The molecule has 0 bridgehead atoms. The Kier molecular flexibility index (Phi) is 17.0. The SMILES string of the molecule is CCC(C)C([C@@H](CC(=O)N1CCC[C@H]1[C@H](OC)[C@@H](C)C(=O)NS(=O)(=O)c1ccc(N)cc1)OC)N(C)C(=O)[C@@H](NC(=O)C(C(C)C)N(C)C)C(C)C. The highest BCUT2D eigenvalue weighted by atomic mass is 32.2. The molecule has 1 saturated heterocycles. The fourth-order valence-corrected chi connectivity index (χ4v) is 8.41. The summed E-state index contributed by atoms with van der Waals surface area (Å²) in [5.74, 6) is -2.64. The third kappa shape index (κ3) is 11.1. The Bertz CT molecular complexity index is 1450. The average molecular weight is 753 g/mol. The van der Waals surface area contributed by atoms with Crippen molar-refractivity contribution in [2.45, 2.75) is 115 Å². The van der Waals surface area contributed by atoms with Crippen LogP contribution in [0, 0.1) is 23.7 Å². The molecule has 2 rings (SSSR count). The second-order valence-corrected chi connectivity index (χ2v) is 16.7. The van der Waals surface area contributed by atoms with E-state index in [1.807, 2.05) is 60.5 Å². The first kappa shape index (κ1) is 44.9. The molecule has 1 aromatic rings. The van der Waals surface area contributed by atoms with Crippen LogP contribution < -0.4 is 15.8 Å². The number of hydrogen-bond donors (Lipinski definition) is 3. The molecule has 1 heterocycles. The lowest BCUT2D eigenvalue weighted by molar-refractivity contribution is -0.148. The molecule has 4 N–H and O–H groups in total. The maximum atomic E-state index is 14.2. The van der Waals surface area contributed by atoms with Crippen LogP contribution in [0.15, 0.2) is 29.2 Å². The number of methoxy groups -OCH3 is 2. The van der Waals surface area contributed by atoms with Crippen molar-refractivity contribution in [2.24, 2.45) is 23.7 Å². The summed E-state index contributed by atoms with van der Waals surface area (Å²) < 4.78 is 39.8. The highest BCUT2D eigenvalue weighted by Crippen LogP contribution is 2.30. The number of hydrogen-bond acceptors (Lipinski definition) is 10. The third-order valence-corrected chi connectivity index (χ3v) is 11.7. The van der Waals surface area contributed by atoms with E-state index in [0.29, 0.717) is 31.5 Å². The summed E-state index contributed by atoms with van der Waals surface area (Å²) in [6.07, 6.45) is 0.400. The monoisotopic (exact) mass is 752 g/mol. The molecular formula is C37H64N6O8S. The number of carbonyl (C=O) groups excluding carboxylic acids is 4. The van der Waals surface area contributed by atoms with Gasteiger partial charge in [-0.05, 0) is 69.0 Å². The third-order valence-electron chi connectivity index (χ3n) is 10.4. The van der Waals surface area contributed by atoms with Gasteiger partial charge in [0.2, 0.25) is 23.6 Å². The summed E-state index contributed by atoms with van der Waals surface area (Å²) in [5.41, 5.74) is 6.07. The number of carbonyl (C=O) groups is 4. The minimum Gasteiger partial charge on any atom is -0.399 e. The van der Waals surface area contributed by atoms with E-state index >= 15 is 0 Å². The van der Waals surface area contributed by atoms with Gasteiger partial charge in [0.1, 0.15) is 6.04 Å². The van der Waals surface area contributed by atoms with E-state index in [4.69, 9.17) is 15.2 Å². The van der Waals surface area contributed by atoms with Crippen molar-refractivity contribution < 1.29 is 37.1 Å². The molecule has 296 valence electrons. The minimum absolute atomic E-state index is 0.0273. The molecule has 52 heavy (non-hydrogen) atoms. The molecule has 0 aromatic heterocycles. The van der Waals surface area contributed by atoms with Crippen molar-refractivity contribution in [3.8, 4) is 0 Å². The van der Waals surface area contributed by atoms with E-state index in [1.165, 1.54) is 38.5 Å². The molecule has 1 aliphatic heterocycles. The van der Waals surface area contributed by atoms with Gasteiger partial charge in [-0.3, -0.25) is 24.1 Å². The van der Waals surface area contributed by atoms with Gasteiger partial charge in [-0.1, -0.05) is 54.9 Å². The molecule has 8 atom stereocenters. The zero-order valence-electron chi connectivity index (χ0n) is 33.2. The van der Waals surface area contributed by atoms with Gasteiger partial charge < -0.3 is 30.3 Å². The maximum absolute atomic E-state index is 14.2. The number of likely N-dealkylation sites (tertiary alicyclic amines) is 1. The quantitative estimate of drug-likeness (QED) is 0.178. The molecule has 0 saturated carbocycles. The highest BCUT2D eigenvalue weighted by Gasteiger charge is 2.43. The highest BCUT2D eigenvalue weighted by molar-refractivity contribution is 7.90. The first-order valence-corrected chi connectivity index (χ1v) is 19.7. The normalized spacial score (nSPS) is 19.1. The van der Waals surface area contributed by atoms with Gasteiger partial charge in [-0.2, -0.15) is 0 Å². The average Bonchev–Trinajstić information content (AvgIpc) is 3.55. The lowest BCUT2D eigenvalue weighted by Crippen LogP contribution is -2.59. The van der Waals surface area contributed by atoms with E-state index < -0.39 is 58.2 Å². The number of benzene rings is 1. The van der Waals surface area contributed by atoms with Crippen LogP contribution in [0.2, 0.25) is 0 Å². The van der Waals surface area contributed by atoms with Crippen LogP contribution in [0.1, 0.15) is 74.1 Å². The fourth-order valence-electron chi connectivity index (χ4n) is 7.34. The van der Waals surface area contributed by atoms with Gasteiger partial charge >= 0.3 is 0 Å². The lowest BCUT2D eigenvalue weighted by Gasteiger charge is -2.41. The number of nitrogens with zero attached hydrogens (tertiary/aromatic N) is 3. The largest absolute Gasteiger partial charge is 0.399 e. The fraction of sp³-hybridized carbons (Fsp3) is 0.730. The molecule has 1 aliphatic rings. The topological polar surface area (TPSA) is 181 Å². The predicted molar refractivity (Wildman–Crippen MR) is 201 cm³/mol. The number of nitrogens with one attached hydrogen (secondary N) is 2. The summed E-state index contributed by atoms with van der Waals surface area (Å²) in [6.45, 7) is 13.7. The molecule has 14 nitrogen and oxygen atoms in total. The van der Waals surface area contributed by atoms with Crippen LogP contribution in [-0.4, -0.2) is 125 Å². The Hall–Kier alpha value is -3.27. The van der Waals surface area contributed by atoms with Crippen LogP contribution in [0.4, 0.5) is 5.69 Å². The zero-order valence-corrected chi connectivity index (χ0v) is 34.0. The van der Waals surface area contributed by atoms with Crippen LogP contribution in [0.5, 0.6) is 0 Å². The maximum Gasteiger partial charge on any atom is 0.264 e. The molecule has 15 heteroatoms. The number of amides is 4. The van der Waals surface area contributed by atoms with Crippen molar-refractivity contribution in [3.05, 3.63) is 24.3 Å². The first-order chi connectivity index (χ1) is 24.2. The molecular weight excluding hydrogens is 689 g/mol. The Labute approximate surface area is 311 Å². The van der Waals surface area contributed by atoms with Crippen LogP contribution in [0.3, 0.4) is 0 Å².